The molecule has 0 aliphatic heterocycles. The van der Waals surface area contributed by atoms with Crippen LogP contribution < -0.4 is 4.74 Å². The smallest absolute Gasteiger partial charge is 0.338 e. The highest BCUT2D eigenvalue weighted by atomic mass is 19.1. The number of hydrogen-bond acceptors (Lipinski definition) is 3. The van der Waals surface area contributed by atoms with Crippen LogP contribution in [0.2, 0.25) is 0 Å². The zero-order chi connectivity index (χ0) is 23.3. The normalized spacial score (nSPS) is 11.3. The fraction of sp³-hybridized carbons (Fsp3) is 0.370. The lowest BCUT2D eigenvalue weighted by molar-refractivity contribution is 0.0488. The zero-order valence-corrected chi connectivity index (χ0v) is 19.4. The first-order valence-electron chi connectivity index (χ1n) is 11.2. The molecule has 0 spiro atoms. The molecule has 0 saturated carbocycles. The number of halogens is 1. The molecule has 170 valence electrons. The third-order valence-corrected chi connectivity index (χ3v) is 5.37. The van der Waals surface area contributed by atoms with Crippen molar-refractivity contribution in [3.05, 3.63) is 66.1 Å². The van der Waals surface area contributed by atoms with Crippen LogP contribution in [-0.2, 0) is 4.74 Å². The minimum atomic E-state index is -0.401. The van der Waals surface area contributed by atoms with E-state index in [1.54, 1.807) is 24.3 Å². The van der Waals surface area contributed by atoms with Gasteiger partial charge in [0.25, 0.3) is 0 Å². The van der Waals surface area contributed by atoms with Crippen LogP contribution in [-0.4, -0.2) is 23.8 Å². The van der Waals surface area contributed by atoms with E-state index in [2.05, 4.69) is 34.3 Å². The minimum Gasteiger partial charge on any atom is -0.490 e. The van der Waals surface area contributed by atoms with Gasteiger partial charge in [0.2, 0.25) is 0 Å². The van der Waals surface area contributed by atoms with E-state index in [0.29, 0.717) is 36.1 Å². The fourth-order valence-electron chi connectivity index (χ4n) is 3.37. The Morgan fingerprint density at radius 2 is 1.72 bits per heavy atom. The summed E-state index contributed by atoms with van der Waals surface area (Å²) >= 11 is 0. The summed E-state index contributed by atoms with van der Waals surface area (Å²) in [6.45, 7) is 13.2. The minimum absolute atomic E-state index is 0.249. The molecule has 0 fully saturated rings. The molecule has 0 aliphatic carbocycles. The summed E-state index contributed by atoms with van der Waals surface area (Å²) < 4.78 is 27.7. The van der Waals surface area contributed by atoms with Crippen LogP contribution in [0.5, 0.6) is 5.75 Å². The Kier molecular flexibility index (Phi) is 7.73. The number of fused-ring (bicyclic) bond motifs is 1. The van der Waals surface area contributed by atoms with Gasteiger partial charge in [0.15, 0.2) is 11.6 Å². The molecule has 0 aliphatic rings. The second-order valence-corrected chi connectivity index (χ2v) is 8.85. The van der Waals surface area contributed by atoms with Crippen molar-refractivity contribution in [1.82, 2.24) is 4.57 Å². The van der Waals surface area contributed by atoms with Gasteiger partial charge >= 0.3 is 5.97 Å². The van der Waals surface area contributed by atoms with Gasteiger partial charge in [-0.3, -0.25) is 0 Å². The first-order chi connectivity index (χ1) is 15.3. The molecule has 5 heteroatoms. The lowest BCUT2D eigenvalue weighted by Crippen LogP contribution is -2.08. The first kappa shape index (κ1) is 23.6. The number of nitrogens with zero attached hydrogens (tertiary/aromatic N) is 1. The van der Waals surface area contributed by atoms with Crippen LogP contribution in [0, 0.1) is 17.7 Å². The Morgan fingerprint density at radius 3 is 2.34 bits per heavy atom. The summed E-state index contributed by atoms with van der Waals surface area (Å²) in [4.78, 5) is 12.2. The van der Waals surface area contributed by atoms with E-state index in [0.717, 1.165) is 29.5 Å². The van der Waals surface area contributed by atoms with Gasteiger partial charge in [-0.05, 0) is 60.6 Å². The molecular weight excluding hydrogens is 405 g/mol. The molecule has 0 amide bonds. The molecule has 1 aromatic heterocycles. The predicted molar refractivity (Wildman–Crippen MR) is 128 cm³/mol. The SMILES string of the molecule is C=Cc1cn(-c2ccc(C(=O)OCCC(C)C)cc2)c2cc(F)c(OCCC(C)C)cc12. The van der Waals surface area contributed by atoms with Gasteiger partial charge in [-0.25, -0.2) is 9.18 Å². The van der Waals surface area contributed by atoms with Crippen LogP contribution in [0.1, 0.15) is 56.5 Å². The molecule has 1 heterocycles. The number of carbonyl (C=O) groups is 1. The molecule has 3 rings (SSSR count). The number of ether oxygens (including phenoxy) is 2. The zero-order valence-electron chi connectivity index (χ0n) is 19.4. The van der Waals surface area contributed by atoms with E-state index >= 15 is 0 Å². The Labute approximate surface area is 189 Å². The topological polar surface area (TPSA) is 40.5 Å². The van der Waals surface area contributed by atoms with E-state index in [1.807, 2.05) is 22.9 Å². The molecule has 2 aromatic carbocycles. The third kappa shape index (κ3) is 5.58. The average molecular weight is 438 g/mol. The number of benzene rings is 2. The van der Waals surface area contributed by atoms with Gasteiger partial charge in [-0.2, -0.15) is 0 Å². The largest absolute Gasteiger partial charge is 0.490 e. The number of esters is 1. The van der Waals surface area contributed by atoms with E-state index in [-0.39, 0.29) is 11.7 Å². The van der Waals surface area contributed by atoms with Crippen molar-refractivity contribution < 1.29 is 18.7 Å². The Morgan fingerprint density at radius 1 is 1.06 bits per heavy atom. The van der Waals surface area contributed by atoms with Crippen LogP contribution in [0.15, 0.2) is 49.2 Å². The molecule has 0 saturated heterocycles. The van der Waals surface area contributed by atoms with E-state index < -0.39 is 5.82 Å². The summed E-state index contributed by atoms with van der Waals surface area (Å²) in [5.41, 5.74) is 2.89. The molecule has 0 unspecified atom stereocenters. The third-order valence-electron chi connectivity index (χ3n) is 5.37. The van der Waals surface area contributed by atoms with Gasteiger partial charge in [0.05, 0.1) is 24.3 Å². The Hall–Kier alpha value is -3.08. The predicted octanol–water partition coefficient (Wildman–Crippen LogP) is 7.04. The van der Waals surface area contributed by atoms with Crippen molar-refractivity contribution >= 4 is 22.9 Å². The van der Waals surface area contributed by atoms with Crippen molar-refractivity contribution in [2.24, 2.45) is 11.8 Å². The maximum absolute atomic E-state index is 14.8. The molecule has 4 nitrogen and oxygen atoms in total. The second kappa shape index (κ2) is 10.5. The van der Waals surface area contributed by atoms with Crippen molar-refractivity contribution in [2.75, 3.05) is 13.2 Å². The lowest BCUT2D eigenvalue weighted by atomic mass is 10.1. The number of rotatable bonds is 10. The van der Waals surface area contributed by atoms with Gasteiger partial charge in [-0.1, -0.05) is 40.3 Å². The average Bonchev–Trinajstić information content (AvgIpc) is 3.10. The Balaban J connectivity index is 1.86. The van der Waals surface area contributed by atoms with E-state index in [1.165, 1.54) is 6.07 Å². The molecule has 3 aromatic rings. The van der Waals surface area contributed by atoms with Crippen molar-refractivity contribution in [3.8, 4) is 11.4 Å². The number of hydrogen-bond donors (Lipinski definition) is 0. The summed E-state index contributed by atoms with van der Waals surface area (Å²) in [6.07, 6.45) is 5.34. The molecular formula is C27H32FNO3. The van der Waals surface area contributed by atoms with E-state index in [9.17, 15) is 9.18 Å². The number of carbonyl (C=O) groups excluding carboxylic acids is 1. The molecule has 0 N–H and O–H groups in total. The standard InChI is InChI=1S/C27H32FNO3/c1-6-20-17-29(22-9-7-21(8-10-22)27(30)32-14-12-19(4)5)25-16-24(28)26(15-23(20)25)31-13-11-18(2)3/h6-10,15-19H,1,11-14H2,2-5H3. The Bertz CT molecular complexity index is 1080. The van der Waals surface area contributed by atoms with Crippen LogP contribution >= 0.6 is 0 Å². The highest BCUT2D eigenvalue weighted by Crippen LogP contribution is 2.32. The molecule has 0 bridgehead atoms. The molecule has 0 radical (unpaired) electrons. The summed E-state index contributed by atoms with van der Waals surface area (Å²) in [6, 6.07) is 10.3. The van der Waals surface area contributed by atoms with Gasteiger partial charge < -0.3 is 14.0 Å². The van der Waals surface area contributed by atoms with Gasteiger partial charge in [-0.15, -0.1) is 0 Å². The summed E-state index contributed by atoms with van der Waals surface area (Å²) in [7, 11) is 0. The van der Waals surface area contributed by atoms with Gasteiger partial charge in [0.1, 0.15) is 0 Å². The van der Waals surface area contributed by atoms with Crippen molar-refractivity contribution in [1.29, 1.82) is 0 Å². The molecule has 0 atom stereocenters. The van der Waals surface area contributed by atoms with E-state index in [4.69, 9.17) is 9.47 Å². The fourth-order valence-corrected chi connectivity index (χ4v) is 3.37. The van der Waals surface area contributed by atoms with Crippen LogP contribution in [0.3, 0.4) is 0 Å². The highest BCUT2D eigenvalue weighted by molar-refractivity contribution is 5.92. The highest BCUT2D eigenvalue weighted by Gasteiger charge is 2.15. The maximum atomic E-state index is 14.8. The quantitative estimate of drug-likeness (QED) is 0.319. The maximum Gasteiger partial charge on any atom is 0.338 e. The summed E-state index contributed by atoms with van der Waals surface area (Å²) in [5, 5.41) is 0.859. The van der Waals surface area contributed by atoms with Crippen LogP contribution in [0.4, 0.5) is 4.39 Å². The summed E-state index contributed by atoms with van der Waals surface area (Å²) in [5.74, 6) is 0.477. The molecule has 32 heavy (non-hydrogen) atoms. The monoisotopic (exact) mass is 437 g/mol. The first-order valence-corrected chi connectivity index (χ1v) is 11.2. The van der Waals surface area contributed by atoms with Crippen LogP contribution in [0.25, 0.3) is 22.7 Å². The van der Waals surface area contributed by atoms with Crippen molar-refractivity contribution in [3.63, 3.8) is 0 Å². The van der Waals surface area contributed by atoms with Gasteiger partial charge in [0, 0.05) is 23.3 Å². The number of aromatic nitrogens is 1. The second-order valence-electron chi connectivity index (χ2n) is 8.85. The lowest BCUT2D eigenvalue weighted by Gasteiger charge is -2.11. The van der Waals surface area contributed by atoms with Crippen molar-refractivity contribution in [2.45, 2.75) is 40.5 Å².